The lowest BCUT2D eigenvalue weighted by Crippen LogP contribution is -3.02. The van der Waals surface area contributed by atoms with Crippen LogP contribution in [0.3, 0.4) is 0 Å². The van der Waals surface area contributed by atoms with Crippen molar-refractivity contribution in [2.24, 2.45) is 0 Å². The number of rotatable bonds is 3. The second-order valence-corrected chi connectivity index (χ2v) is 4.87. The van der Waals surface area contributed by atoms with Crippen LogP contribution in [0.5, 0.6) is 0 Å². The summed E-state index contributed by atoms with van der Waals surface area (Å²) in [5.41, 5.74) is 0. The Hall–Kier alpha value is 0.880. The molecule has 0 aliphatic rings. The van der Waals surface area contributed by atoms with Crippen LogP contribution in [0.15, 0.2) is 0 Å². The summed E-state index contributed by atoms with van der Waals surface area (Å²) in [6.45, 7) is 3.53. The summed E-state index contributed by atoms with van der Waals surface area (Å²) >= 11 is 0. The molecule has 0 fully saturated rings. The Morgan fingerprint density at radius 2 is 1.21 bits per heavy atom. The monoisotopic (exact) mass is 334 g/mol. The van der Waals surface area contributed by atoms with Gasteiger partial charge in [0, 0.05) is 0 Å². The molecule has 0 unspecified atom stereocenters. The van der Waals surface area contributed by atoms with Gasteiger partial charge in [0.05, 0.1) is 48.8 Å². The molecule has 4 heteroatoms. The molecule has 0 aliphatic carbocycles. The van der Waals surface area contributed by atoms with E-state index in [-0.39, 0.29) is 34.0 Å². The predicted octanol–water partition coefficient (Wildman–Crippen LogP) is -5.74. The zero-order valence-corrected chi connectivity index (χ0v) is 14.0. The van der Waals surface area contributed by atoms with E-state index in [0.29, 0.717) is 0 Å². The molecule has 0 aromatic rings. The second-order valence-electron chi connectivity index (χ2n) is 4.87. The molecule has 2 nitrogen and oxygen atoms in total. The smallest absolute Gasteiger partial charge is 0.0780 e. The molecular weight excluding hydrogens is 308 g/mol. The fourth-order valence-corrected chi connectivity index (χ4v) is 0.632. The van der Waals surface area contributed by atoms with E-state index in [1.54, 1.807) is 0 Å². The molecule has 0 saturated heterocycles. The average Bonchev–Trinajstić information content (AvgIpc) is 1.80. The third kappa shape index (κ3) is 52.6. The fourth-order valence-electron chi connectivity index (χ4n) is 0.632. The minimum Gasteiger partial charge on any atom is -1.00 e. The van der Waals surface area contributed by atoms with E-state index < -0.39 is 0 Å². The Morgan fingerprint density at radius 3 is 1.29 bits per heavy atom. The van der Waals surface area contributed by atoms with Crippen LogP contribution >= 0.6 is 0 Å². The molecule has 0 radical (unpaired) electrons. The van der Waals surface area contributed by atoms with Crippen LogP contribution in [0.4, 0.5) is 0 Å². The van der Waals surface area contributed by atoms with Crippen molar-refractivity contribution in [1.82, 2.24) is 0 Å². The van der Waals surface area contributed by atoms with E-state index in [1.807, 2.05) is 0 Å². The molecule has 92 valence electrons. The number of nitrogens with one attached hydrogen (secondary N) is 1. The Morgan fingerprint density at radius 1 is 0.929 bits per heavy atom. The lowest BCUT2D eigenvalue weighted by Gasteiger charge is -2.23. The molecule has 0 bridgehead atoms. The molecule has 14 heavy (non-hydrogen) atoms. The Balaban J connectivity index is -0.0000000733. The van der Waals surface area contributed by atoms with Gasteiger partial charge < -0.3 is 43.3 Å². The maximum Gasteiger partial charge on any atom is 0.0780 e. The fraction of sp³-hybridized carbons (Fsp3) is 1.00. The van der Waals surface area contributed by atoms with E-state index in [2.05, 4.69) is 49.2 Å². The molecule has 0 spiro atoms. The number of nitrogens with zero attached hydrogens (tertiary/aromatic N) is 1. The van der Waals surface area contributed by atoms with Gasteiger partial charge in [0.25, 0.3) is 0 Å². The first-order valence-corrected chi connectivity index (χ1v) is 4.86. The highest BCUT2D eigenvalue weighted by Gasteiger charge is 2.02. The van der Waals surface area contributed by atoms with Gasteiger partial charge in [-0.25, -0.2) is 0 Å². The number of quaternary nitrogens is 2. The lowest BCUT2D eigenvalue weighted by molar-refractivity contribution is -0.870. The topological polar surface area (TPSA) is 4.44 Å². The molecule has 0 aliphatic heterocycles. The van der Waals surface area contributed by atoms with Gasteiger partial charge in [-0.15, -0.1) is 0 Å². The first kappa shape index (κ1) is 24.2. The van der Waals surface area contributed by atoms with Crippen molar-refractivity contribution < 1.29 is 43.3 Å². The molecular formula is C10H28Br2N2. The van der Waals surface area contributed by atoms with E-state index in [9.17, 15) is 0 Å². The van der Waals surface area contributed by atoms with Crippen molar-refractivity contribution in [2.75, 3.05) is 48.8 Å². The van der Waals surface area contributed by atoms with Crippen LogP contribution in [-0.2, 0) is 0 Å². The van der Waals surface area contributed by atoms with Crippen molar-refractivity contribution in [2.45, 2.75) is 19.8 Å². The van der Waals surface area contributed by atoms with Crippen LogP contribution in [-0.4, -0.2) is 53.3 Å². The van der Waals surface area contributed by atoms with Crippen LogP contribution in [0.1, 0.15) is 19.8 Å². The van der Waals surface area contributed by atoms with Crippen LogP contribution in [0.2, 0.25) is 0 Å². The molecule has 0 aromatic carbocycles. The molecule has 0 rings (SSSR count). The van der Waals surface area contributed by atoms with Gasteiger partial charge in [0.2, 0.25) is 0 Å². The van der Waals surface area contributed by atoms with Crippen molar-refractivity contribution in [1.29, 1.82) is 0 Å². The van der Waals surface area contributed by atoms with Crippen molar-refractivity contribution in [3.63, 3.8) is 0 Å². The second kappa shape index (κ2) is 13.9. The van der Waals surface area contributed by atoms with E-state index >= 15 is 0 Å². The summed E-state index contributed by atoms with van der Waals surface area (Å²) < 4.78 is 1.10. The number of hydrogen-bond donors (Lipinski definition) is 1. The maximum absolute atomic E-state index is 2.23. The van der Waals surface area contributed by atoms with E-state index in [0.717, 1.165) is 4.48 Å². The SMILES string of the molecule is CCCC[N+](C)(C)C.C[NH+](C)C.[Br-].[Br-]. The van der Waals surface area contributed by atoms with E-state index in [4.69, 9.17) is 0 Å². The van der Waals surface area contributed by atoms with Gasteiger partial charge in [-0.05, 0) is 6.42 Å². The normalized spacial score (nSPS) is 9.43. The van der Waals surface area contributed by atoms with Crippen molar-refractivity contribution in [3.8, 4) is 0 Å². The lowest BCUT2D eigenvalue weighted by atomic mass is 10.3. The van der Waals surface area contributed by atoms with Crippen molar-refractivity contribution >= 4 is 0 Å². The van der Waals surface area contributed by atoms with Gasteiger partial charge >= 0.3 is 0 Å². The molecule has 1 N–H and O–H groups in total. The number of halogens is 2. The maximum atomic E-state index is 2.23. The zero-order chi connectivity index (χ0) is 10.2. The average molecular weight is 336 g/mol. The Labute approximate surface area is 112 Å². The molecule has 0 aromatic heterocycles. The number of hydrogen-bond acceptors (Lipinski definition) is 0. The van der Waals surface area contributed by atoms with Crippen LogP contribution in [0, 0.1) is 0 Å². The van der Waals surface area contributed by atoms with Gasteiger partial charge in [0.15, 0.2) is 0 Å². The predicted molar refractivity (Wildman–Crippen MR) is 56.5 cm³/mol. The van der Waals surface area contributed by atoms with E-state index in [1.165, 1.54) is 24.3 Å². The first-order valence-electron chi connectivity index (χ1n) is 4.86. The summed E-state index contributed by atoms with van der Waals surface area (Å²) in [6.07, 6.45) is 2.67. The minimum atomic E-state index is 0. The summed E-state index contributed by atoms with van der Waals surface area (Å²) in [4.78, 5) is 1.42. The summed E-state index contributed by atoms with van der Waals surface area (Å²) in [5.74, 6) is 0. The Kier molecular flexibility index (Phi) is 24.0. The van der Waals surface area contributed by atoms with Gasteiger partial charge in [-0.3, -0.25) is 0 Å². The third-order valence-corrected chi connectivity index (χ3v) is 1.18. The van der Waals surface area contributed by atoms with Gasteiger partial charge in [-0.1, -0.05) is 13.3 Å². The Bertz CT molecular complexity index is 87.9. The quantitative estimate of drug-likeness (QED) is 0.490. The molecule has 0 amide bonds. The third-order valence-electron chi connectivity index (χ3n) is 1.18. The summed E-state index contributed by atoms with van der Waals surface area (Å²) in [5, 5.41) is 0. The van der Waals surface area contributed by atoms with Crippen molar-refractivity contribution in [3.05, 3.63) is 0 Å². The highest BCUT2D eigenvalue weighted by Crippen LogP contribution is 1.94. The summed E-state index contributed by atoms with van der Waals surface area (Å²) in [6, 6.07) is 0. The standard InChI is InChI=1S/C7H18N.C3H9N.2BrH/c1-5-6-7-8(2,3)4;1-4(2)3;;/h5-7H2,1-4H3;1-3H3;2*1H/q+1;;;/p-1. The molecule has 0 atom stereocenters. The highest BCUT2D eigenvalue weighted by molar-refractivity contribution is 4.29. The summed E-state index contributed by atoms with van der Waals surface area (Å²) in [7, 11) is 12.9. The molecule has 0 heterocycles. The molecule has 0 saturated carbocycles. The zero-order valence-electron chi connectivity index (χ0n) is 10.8. The highest BCUT2D eigenvalue weighted by atomic mass is 79.9. The van der Waals surface area contributed by atoms with Gasteiger partial charge in [-0.2, -0.15) is 0 Å². The minimum absolute atomic E-state index is 0. The number of unbranched alkanes of at least 4 members (excludes halogenated alkanes) is 1. The van der Waals surface area contributed by atoms with Crippen LogP contribution in [0.25, 0.3) is 0 Å². The van der Waals surface area contributed by atoms with Crippen LogP contribution < -0.4 is 38.9 Å². The largest absolute Gasteiger partial charge is 1.00 e. The van der Waals surface area contributed by atoms with Gasteiger partial charge in [0.1, 0.15) is 0 Å². The first-order chi connectivity index (χ1) is 5.29.